The topological polar surface area (TPSA) is 45.1 Å². The highest BCUT2D eigenvalue weighted by atomic mass is 16.6. The maximum atomic E-state index is 12.2. The van der Waals surface area contributed by atoms with E-state index in [0.717, 1.165) is 12.4 Å². The molecule has 0 radical (unpaired) electrons. The molecular weight excluding hydrogens is 302 g/mol. The van der Waals surface area contributed by atoms with E-state index in [4.69, 9.17) is 9.73 Å². The van der Waals surface area contributed by atoms with Gasteiger partial charge < -0.3 is 14.5 Å². The molecule has 5 heteroatoms. The summed E-state index contributed by atoms with van der Waals surface area (Å²) in [6, 6.07) is 0.132. The monoisotopic (exact) mass is 335 g/mol. The fourth-order valence-electron chi connectivity index (χ4n) is 3.75. The van der Waals surface area contributed by atoms with Gasteiger partial charge in [0.1, 0.15) is 5.84 Å². The van der Waals surface area contributed by atoms with Crippen molar-refractivity contribution in [2.24, 2.45) is 15.8 Å². The highest BCUT2D eigenvalue weighted by Crippen LogP contribution is 2.40. The Morgan fingerprint density at radius 3 is 2.29 bits per heavy atom. The number of amidine groups is 1. The highest BCUT2D eigenvalue weighted by molar-refractivity contribution is 5.90. The second kappa shape index (κ2) is 6.41. The van der Waals surface area contributed by atoms with Crippen LogP contribution in [0.2, 0.25) is 0 Å². The van der Waals surface area contributed by atoms with Crippen molar-refractivity contribution in [1.82, 2.24) is 9.80 Å². The first-order valence-corrected chi connectivity index (χ1v) is 8.97. The predicted octanol–water partition coefficient (Wildman–Crippen LogP) is 3.91. The van der Waals surface area contributed by atoms with Crippen LogP contribution in [0.4, 0.5) is 4.79 Å². The number of hydrogen-bond donors (Lipinski definition) is 0. The molecular formula is C19H33N3O2. The van der Waals surface area contributed by atoms with Crippen LogP contribution in [0.3, 0.4) is 0 Å². The zero-order valence-corrected chi connectivity index (χ0v) is 16.6. The van der Waals surface area contributed by atoms with E-state index < -0.39 is 0 Å². The van der Waals surface area contributed by atoms with Crippen molar-refractivity contribution < 1.29 is 9.53 Å². The molecule has 2 aliphatic heterocycles. The summed E-state index contributed by atoms with van der Waals surface area (Å²) in [5.74, 6) is 1.13. The number of ether oxygens (including phenoxy) is 1. The summed E-state index contributed by atoms with van der Waals surface area (Å²) < 4.78 is 5.22. The minimum Gasteiger partial charge on any atom is -0.450 e. The molecule has 136 valence electrons. The van der Waals surface area contributed by atoms with Crippen LogP contribution in [0.1, 0.15) is 55.4 Å². The summed E-state index contributed by atoms with van der Waals surface area (Å²) in [6.07, 6.45) is -0.217. The van der Waals surface area contributed by atoms with Gasteiger partial charge >= 0.3 is 6.09 Å². The molecule has 2 heterocycles. The lowest BCUT2D eigenvalue weighted by Gasteiger charge is -2.48. The zero-order chi connectivity index (χ0) is 18.3. The molecule has 0 aromatic carbocycles. The highest BCUT2D eigenvalue weighted by Gasteiger charge is 2.40. The lowest BCUT2D eigenvalue weighted by Crippen LogP contribution is -2.55. The first-order chi connectivity index (χ1) is 11.0. The van der Waals surface area contributed by atoms with Crippen molar-refractivity contribution in [3.8, 4) is 0 Å². The maximum Gasteiger partial charge on any atom is 0.410 e. The van der Waals surface area contributed by atoms with Crippen molar-refractivity contribution in [3.63, 3.8) is 0 Å². The molecule has 1 fully saturated rings. The van der Waals surface area contributed by atoms with Gasteiger partial charge in [0.2, 0.25) is 0 Å². The van der Waals surface area contributed by atoms with Crippen LogP contribution >= 0.6 is 0 Å². The van der Waals surface area contributed by atoms with Crippen molar-refractivity contribution in [2.45, 2.75) is 61.4 Å². The van der Waals surface area contributed by atoms with Gasteiger partial charge in [0.25, 0.3) is 0 Å². The van der Waals surface area contributed by atoms with E-state index in [1.807, 2.05) is 11.8 Å². The number of carbonyl (C=O) groups is 1. The Bertz CT molecular complexity index is 564. The normalized spacial score (nSPS) is 22.3. The Balaban J connectivity index is 2.45. The Kier molecular flexibility index (Phi) is 5.03. The van der Waals surface area contributed by atoms with Crippen molar-refractivity contribution in [1.29, 1.82) is 0 Å². The maximum absolute atomic E-state index is 12.2. The molecule has 0 unspecified atom stereocenters. The van der Waals surface area contributed by atoms with Crippen molar-refractivity contribution in [3.05, 3.63) is 11.3 Å². The summed E-state index contributed by atoms with van der Waals surface area (Å²) in [5, 5.41) is 0. The summed E-state index contributed by atoms with van der Waals surface area (Å²) in [5.41, 5.74) is 2.55. The SMILES string of the molecule is CCOC(=O)N1CCN2C(C(C)(C)C)=N[C@@H](C)C(C(C)(C)C)=C2C1. The van der Waals surface area contributed by atoms with Gasteiger partial charge in [0, 0.05) is 24.2 Å². The minimum atomic E-state index is -0.217. The minimum absolute atomic E-state index is 0.0115. The van der Waals surface area contributed by atoms with Gasteiger partial charge in [0.05, 0.1) is 19.2 Å². The average Bonchev–Trinajstić information content (AvgIpc) is 2.43. The first-order valence-electron chi connectivity index (χ1n) is 8.97. The van der Waals surface area contributed by atoms with E-state index in [9.17, 15) is 4.79 Å². The predicted molar refractivity (Wildman–Crippen MR) is 98.1 cm³/mol. The molecule has 1 atom stereocenters. The third kappa shape index (κ3) is 3.60. The molecule has 0 aliphatic carbocycles. The van der Waals surface area contributed by atoms with Gasteiger partial charge in [-0.05, 0) is 24.8 Å². The second-order valence-corrected chi connectivity index (χ2v) is 8.76. The third-order valence-corrected chi connectivity index (χ3v) is 4.57. The molecule has 1 amide bonds. The molecule has 0 saturated carbocycles. The fraction of sp³-hybridized carbons (Fsp3) is 0.789. The third-order valence-electron chi connectivity index (χ3n) is 4.57. The van der Waals surface area contributed by atoms with E-state index in [1.165, 1.54) is 11.3 Å². The van der Waals surface area contributed by atoms with Crippen molar-refractivity contribution >= 4 is 11.9 Å². The van der Waals surface area contributed by atoms with Crippen molar-refractivity contribution in [2.75, 3.05) is 26.2 Å². The number of fused-ring (bicyclic) bond motifs is 1. The van der Waals surface area contributed by atoms with Gasteiger partial charge in [-0.2, -0.15) is 0 Å². The summed E-state index contributed by atoms with van der Waals surface area (Å²) >= 11 is 0. The first kappa shape index (κ1) is 18.8. The molecule has 2 aliphatic rings. The quantitative estimate of drug-likeness (QED) is 0.730. The Morgan fingerprint density at radius 2 is 1.79 bits per heavy atom. The van der Waals surface area contributed by atoms with Crippen LogP contribution in [-0.2, 0) is 4.74 Å². The summed E-state index contributed by atoms with van der Waals surface area (Å²) in [4.78, 5) is 21.4. The average molecular weight is 335 g/mol. The Labute approximate surface area is 146 Å². The largest absolute Gasteiger partial charge is 0.450 e. The lowest BCUT2D eigenvalue weighted by molar-refractivity contribution is 0.0978. The molecule has 2 rings (SSSR count). The van der Waals surface area contributed by atoms with Crippen LogP contribution in [0.15, 0.2) is 16.3 Å². The number of carbonyl (C=O) groups excluding carboxylic acids is 1. The van der Waals surface area contributed by atoms with E-state index >= 15 is 0 Å². The molecule has 0 bridgehead atoms. The van der Waals surface area contributed by atoms with Crippen LogP contribution < -0.4 is 0 Å². The number of amides is 1. The number of rotatable bonds is 1. The number of aliphatic imine (C=N–C) groups is 1. The Hall–Kier alpha value is -1.52. The van der Waals surface area contributed by atoms with Crippen LogP contribution in [-0.4, -0.2) is 54.0 Å². The fourth-order valence-corrected chi connectivity index (χ4v) is 3.75. The van der Waals surface area contributed by atoms with E-state index in [1.54, 1.807) is 0 Å². The van der Waals surface area contributed by atoms with Gasteiger partial charge in [-0.1, -0.05) is 41.5 Å². The Morgan fingerprint density at radius 1 is 1.17 bits per heavy atom. The van der Waals surface area contributed by atoms with Crippen LogP contribution in [0.5, 0.6) is 0 Å². The number of nitrogens with zero attached hydrogens (tertiary/aromatic N) is 3. The van der Waals surface area contributed by atoms with Gasteiger partial charge in [-0.3, -0.25) is 4.99 Å². The van der Waals surface area contributed by atoms with Gasteiger partial charge in [0.15, 0.2) is 0 Å². The molecule has 0 aromatic rings. The second-order valence-electron chi connectivity index (χ2n) is 8.76. The number of piperazine rings is 1. The summed E-state index contributed by atoms with van der Waals surface area (Å²) in [7, 11) is 0. The smallest absolute Gasteiger partial charge is 0.410 e. The molecule has 5 nitrogen and oxygen atoms in total. The summed E-state index contributed by atoms with van der Waals surface area (Å²) in [6.45, 7) is 19.8. The molecule has 24 heavy (non-hydrogen) atoms. The number of hydrogen-bond acceptors (Lipinski definition) is 4. The zero-order valence-electron chi connectivity index (χ0n) is 16.6. The molecule has 0 spiro atoms. The molecule has 0 aromatic heterocycles. The molecule has 1 saturated heterocycles. The van der Waals surface area contributed by atoms with Crippen LogP contribution in [0.25, 0.3) is 0 Å². The molecule has 0 N–H and O–H groups in total. The van der Waals surface area contributed by atoms with Gasteiger partial charge in [-0.25, -0.2) is 4.79 Å². The van der Waals surface area contributed by atoms with Crippen LogP contribution in [0, 0.1) is 10.8 Å². The lowest BCUT2D eigenvalue weighted by atomic mass is 9.78. The standard InChI is InChI=1S/C19H33N3O2/c1-9-24-17(23)21-10-11-22-14(12-21)15(18(3,4)5)13(2)20-16(22)19(6,7)8/h13H,9-12H2,1-8H3/t13-/m0/s1. The van der Waals surface area contributed by atoms with E-state index in [-0.39, 0.29) is 23.0 Å². The van der Waals surface area contributed by atoms with E-state index in [0.29, 0.717) is 19.7 Å². The van der Waals surface area contributed by atoms with E-state index in [2.05, 4.69) is 53.4 Å². The van der Waals surface area contributed by atoms with Gasteiger partial charge in [-0.15, -0.1) is 0 Å².